The van der Waals surface area contributed by atoms with E-state index < -0.39 is 0 Å². The van der Waals surface area contributed by atoms with E-state index in [1.165, 1.54) is 0 Å². The van der Waals surface area contributed by atoms with Crippen molar-refractivity contribution in [3.05, 3.63) is 18.0 Å². The molecule has 112 valence electrons. The van der Waals surface area contributed by atoms with Crippen LogP contribution in [0.2, 0.25) is 0 Å². The van der Waals surface area contributed by atoms with Crippen LogP contribution in [-0.4, -0.2) is 41.6 Å². The molecule has 1 aliphatic heterocycles. The van der Waals surface area contributed by atoms with E-state index in [1.807, 2.05) is 10.8 Å². The molecule has 5 heteroatoms. The minimum Gasteiger partial charge on any atom is -0.397 e. The molecule has 1 fully saturated rings. The lowest BCUT2D eigenvalue weighted by atomic mass is 9.94. The van der Waals surface area contributed by atoms with Gasteiger partial charge in [0.1, 0.15) is 5.69 Å². The van der Waals surface area contributed by atoms with Gasteiger partial charge in [0.05, 0.1) is 5.69 Å². The predicted molar refractivity (Wildman–Crippen MR) is 81.7 cm³/mol. The largest absolute Gasteiger partial charge is 0.397 e. The fourth-order valence-corrected chi connectivity index (χ4v) is 2.96. The molecule has 0 radical (unpaired) electrons. The van der Waals surface area contributed by atoms with Gasteiger partial charge in [0.2, 0.25) is 0 Å². The Labute approximate surface area is 121 Å². The summed E-state index contributed by atoms with van der Waals surface area (Å²) in [6.07, 6.45) is 3.84. The first kappa shape index (κ1) is 14.9. The van der Waals surface area contributed by atoms with Crippen LogP contribution in [0.4, 0.5) is 5.69 Å². The molecule has 0 bridgehead atoms. The molecule has 1 aliphatic rings. The van der Waals surface area contributed by atoms with Crippen LogP contribution in [0.1, 0.15) is 37.2 Å². The Kier molecular flexibility index (Phi) is 4.70. The number of amides is 1. The number of anilines is 1. The van der Waals surface area contributed by atoms with Gasteiger partial charge in [0, 0.05) is 25.3 Å². The van der Waals surface area contributed by atoms with Crippen molar-refractivity contribution in [2.75, 3.05) is 25.9 Å². The van der Waals surface area contributed by atoms with Crippen molar-refractivity contribution in [1.82, 2.24) is 14.8 Å². The highest BCUT2D eigenvalue weighted by Crippen LogP contribution is 2.17. The van der Waals surface area contributed by atoms with E-state index >= 15 is 0 Å². The summed E-state index contributed by atoms with van der Waals surface area (Å²) in [5.74, 6) is 0.473. The molecule has 1 saturated heterocycles. The van der Waals surface area contributed by atoms with Crippen LogP contribution < -0.4 is 11.1 Å². The standard InChI is InChI=1S/C15H26N4O/c1-4-6-19-10-12(16)8-14(19)15(20)17-13-5-7-18(3)9-11(13)2/h8,10-11,13H,4-7,9,16H2,1-3H3,(H,17,20). The van der Waals surface area contributed by atoms with Crippen molar-refractivity contribution in [3.63, 3.8) is 0 Å². The number of nitrogens with zero attached hydrogens (tertiary/aromatic N) is 2. The lowest BCUT2D eigenvalue weighted by Crippen LogP contribution is -2.49. The van der Waals surface area contributed by atoms with Crippen molar-refractivity contribution in [2.45, 2.75) is 39.3 Å². The number of nitrogens with one attached hydrogen (secondary N) is 1. The molecular formula is C15H26N4O. The van der Waals surface area contributed by atoms with Crippen molar-refractivity contribution in [2.24, 2.45) is 5.92 Å². The van der Waals surface area contributed by atoms with Crippen LogP contribution in [0.5, 0.6) is 0 Å². The van der Waals surface area contributed by atoms with E-state index in [9.17, 15) is 4.79 Å². The second kappa shape index (κ2) is 6.31. The maximum atomic E-state index is 12.4. The molecule has 3 N–H and O–H groups in total. The molecule has 0 aromatic carbocycles. The average molecular weight is 278 g/mol. The summed E-state index contributed by atoms with van der Waals surface area (Å²) in [6, 6.07) is 2.02. The molecule has 1 aromatic heterocycles. The van der Waals surface area contributed by atoms with Crippen LogP contribution >= 0.6 is 0 Å². The Bertz CT molecular complexity index is 468. The van der Waals surface area contributed by atoms with Crippen molar-refractivity contribution < 1.29 is 4.79 Å². The Balaban J connectivity index is 2.04. The zero-order valence-electron chi connectivity index (χ0n) is 12.7. The third-order valence-corrected chi connectivity index (χ3v) is 4.04. The predicted octanol–water partition coefficient (Wildman–Crippen LogP) is 1.55. The number of aromatic nitrogens is 1. The van der Waals surface area contributed by atoms with Crippen LogP contribution in [0.15, 0.2) is 12.3 Å². The van der Waals surface area contributed by atoms with E-state index in [2.05, 4.69) is 31.1 Å². The molecule has 0 aliphatic carbocycles. The van der Waals surface area contributed by atoms with E-state index in [0.717, 1.165) is 32.5 Å². The van der Waals surface area contributed by atoms with Gasteiger partial charge in [-0.3, -0.25) is 4.79 Å². The Morgan fingerprint density at radius 2 is 2.30 bits per heavy atom. The summed E-state index contributed by atoms with van der Waals surface area (Å²) in [4.78, 5) is 14.8. The molecule has 1 amide bonds. The lowest BCUT2D eigenvalue weighted by Gasteiger charge is -2.35. The zero-order chi connectivity index (χ0) is 14.7. The number of hydrogen-bond acceptors (Lipinski definition) is 3. The molecule has 0 spiro atoms. The third-order valence-electron chi connectivity index (χ3n) is 4.04. The highest BCUT2D eigenvalue weighted by atomic mass is 16.2. The Morgan fingerprint density at radius 1 is 1.55 bits per heavy atom. The van der Waals surface area contributed by atoms with Gasteiger partial charge in [-0.05, 0) is 38.4 Å². The quantitative estimate of drug-likeness (QED) is 0.878. The van der Waals surface area contributed by atoms with E-state index in [0.29, 0.717) is 17.3 Å². The van der Waals surface area contributed by atoms with E-state index in [4.69, 9.17) is 5.73 Å². The van der Waals surface area contributed by atoms with Crippen molar-refractivity contribution in [3.8, 4) is 0 Å². The number of carbonyl (C=O) groups excluding carboxylic acids is 1. The minimum absolute atomic E-state index is 0.00319. The number of piperidine rings is 1. The molecule has 0 saturated carbocycles. The number of aryl methyl sites for hydroxylation is 1. The second-order valence-electron chi connectivity index (χ2n) is 5.96. The first-order valence-electron chi connectivity index (χ1n) is 7.46. The number of rotatable bonds is 4. The number of hydrogen-bond donors (Lipinski definition) is 2. The fraction of sp³-hybridized carbons (Fsp3) is 0.667. The summed E-state index contributed by atoms with van der Waals surface area (Å²) in [7, 11) is 2.13. The average Bonchev–Trinajstić information content (AvgIpc) is 2.74. The van der Waals surface area contributed by atoms with Gasteiger partial charge in [-0.2, -0.15) is 0 Å². The maximum Gasteiger partial charge on any atom is 0.268 e. The first-order valence-corrected chi connectivity index (χ1v) is 7.46. The van der Waals surface area contributed by atoms with E-state index in [1.54, 1.807) is 6.07 Å². The normalized spacial score (nSPS) is 23.8. The van der Waals surface area contributed by atoms with Gasteiger partial charge in [0.15, 0.2) is 0 Å². The first-order chi connectivity index (χ1) is 9.51. The van der Waals surface area contributed by atoms with Gasteiger partial charge in [-0.1, -0.05) is 13.8 Å². The fourth-order valence-electron chi connectivity index (χ4n) is 2.96. The molecule has 2 atom stereocenters. The molecular weight excluding hydrogens is 252 g/mol. The van der Waals surface area contributed by atoms with Crippen LogP contribution in [0.3, 0.4) is 0 Å². The summed E-state index contributed by atoms with van der Waals surface area (Å²) in [6.45, 7) is 7.18. The Hall–Kier alpha value is -1.49. The highest BCUT2D eigenvalue weighted by molar-refractivity contribution is 5.94. The lowest BCUT2D eigenvalue weighted by molar-refractivity contribution is 0.0874. The maximum absolute atomic E-state index is 12.4. The van der Waals surface area contributed by atoms with Crippen molar-refractivity contribution >= 4 is 11.6 Å². The highest BCUT2D eigenvalue weighted by Gasteiger charge is 2.26. The number of nitrogen functional groups attached to an aromatic ring is 1. The van der Waals surface area contributed by atoms with Gasteiger partial charge < -0.3 is 20.5 Å². The van der Waals surface area contributed by atoms with Gasteiger partial charge >= 0.3 is 0 Å². The summed E-state index contributed by atoms with van der Waals surface area (Å²) < 4.78 is 1.95. The second-order valence-corrected chi connectivity index (χ2v) is 5.96. The SMILES string of the molecule is CCCn1cc(N)cc1C(=O)NC1CCN(C)CC1C. The number of nitrogens with two attached hydrogens (primary N) is 1. The van der Waals surface area contributed by atoms with Crippen LogP contribution in [0.25, 0.3) is 0 Å². The smallest absolute Gasteiger partial charge is 0.268 e. The molecule has 5 nitrogen and oxygen atoms in total. The van der Waals surface area contributed by atoms with Crippen molar-refractivity contribution in [1.29, 1.82) is 0 Å². The third kappa shape index (κ3) is 3.33. The van der Waals surface area contributed by atoms with Gasteiger partial charge in [0.25, 0.3) is 5.91 Å². The molecule has 20 heavy (non-hydrogen) atoms. The minimum atomic E-state index is -0.00319. The topological polar surface area (TPSA) is 63.3 Å². The number of likely N-dealkylation sites (tertiary alicyclic amines) is 1. The molecule has 1 aromatic rings. The van der Waals surface area contributed by atoms with E-state index in [-0.39, 0.29) is 11.9 Å². The summed E-state index contributed by atoms with van der Waals surface area (Å²) in [5, 5.41) is 3.18. The van der Waals surface area contributed by atoms with Gasteiger partial charge in [-0.25, -0.2) is 0 Å². The molecule has 2 heterocycles. The molecule has 2 rings (SSSR count). The zero-order valence-corrected chi connectivity index (χ0v) is 12.7. The molecule has 2 unspecified atom stereocenters. The monoisotopic (exact) mass is 278 g/mol. The van der Waals surface area contributed by atoms with Gasteiger partial charge in [-0.15, -0.1) is 0 Å². The Morgan fingerprint density at radius 3 is 2.95 bits per heavy atom. The summed E-state index contributed by atoms with van der Waals surface area (Å²) in [5.41, 5.74) is 7.15. The van der Waals surface area contributed by atoms with Crippen LogP contribution in [0, 0.1) is 5.92 Å². The number of carbonyl (C=O) groups is 1. The van der Waals surface area contributed by atoms with Crippen LogP contribution in [-0.2, 0) is 6.54 Å². The summed E-state index contributed by atoms with van der Waals surface area (Å²) >= 11 is 0.